The summed E-state index contributed by atoms with van der Waals surface area (Å²) in [5, 5.41) is 4.13. The van der Waals surface area contributed by atoms with Crippen molar-refractivity contribution >= 4 is 5.91 Å². The summed E-state index contributed by atoms with van der Waals surface area (Å²) in [5.41, 5.74) is 1.70. The zero-order valence-corrected chi connectivity index (χ0v) is 18.5. The number of nitrogens with zero attached hydrogens (tertiary/aromatic N) is 3. The number of hydrogen-bond acceptors (Lipinski definition) is 7. The van der Waals surface area contributed by atoms with Gasteiger partial charge in [0.25, 0.3) is 0 Å². The van der Waals surface area contributed by atoms with Gasteiger partial charge < -0.3 is 23.6 Å². The van der Waals surface area contributed by atoms with E-state index < -0.39 is 0 Å². The second-order valence-electron chi connectivity index (χ2n) is 7.52. The predicted molar refractivity (Wildman–Crippen MR) is 118 cm³/mol. The SMILES string of the molecule is CCOc1ccc(CC(=O)N2CCC[C@@H]2c2nc(-c3ccc(OC)c(OC)c3)no2)cc1. The molecule has 2 aromatic carbocycles. The first-order chi connectivity index (χ1) is 15.6. The summed E-state index contributed by atoms with van der Waals surface area (Å²) in [6, 6.07) is 12.9. The largest absolute Gasteiger partial charge is 0.494 e. The van der Waals surface area contributed by atoms with E-state index in [0.29, 0.717) is 42.8 Å². The molecule has 1 atom stereocenters. The van der Waals surface area contributed by atoms with E-state index in [9.17, 15) is 4.79 Å². The molecule has 0 spiro atoms. The van der Waals surface area contributed by atoms with Crippen LogP contribution in [0.5, 0.6) is 17.2 Å². The Labute approximate surface area is 187 Å². The van der Waals surface area contributed by atoms with Gasteiger partial charge in [-0.3, -0.25) is 4.79 Å². The summed E-state index contributed by atoms with van der Waals surface area (Å²) in [6.07, 6.45) is 2.01. The lowest BCUT2D eigenvalue weighted by molar-refractivity contribution is -0.131. The van der Waals surface area contributed by atoms with Gasteiger partial charge in [-0.15, -0.1) is 0 Å². The fourth-order valence-electron chi connectivity index (χ4n) is 3.93. The summed E-state index contributed by atoms with van der Waals surface area (Å²) in [4.78, 5) is 19.4. The van der Waals surface area contributed by atoms with Gasteiger partial charge in [0.2, 0.25) is 17.6 Å². The Balaban J connectivity index is 1.48. The molecular weight excluding hydrogens is 410 g/mol. The summed E-state index contributed by atoms with van der Waals surface area (Å²) in [5.74, 6) is 2.96. The van der Waals surface area contributed by atoms with E-state index in [0.717, 1.165) is 29.7 Å². The lowest BCUT2D eigenvalue weighted by Crippen LogP contribution is -2.32. The zero-order chi connectivity index (χ0) is 22.5. The number of hydrogen-bond donors (Lipinski definition) is 0. The Morgan fingerprint density at radius 2 is 1.91 bits per heavy atom. The molecule has 0 bridgehead atoms. The molecule has 1 aliphatic rings. The molecule has 0 N–H and O–H groups in total. The van der Waals surface area contributed by atoms with Gasteiger partial charge in [-0.05, 0) is 55.7 Å². The molecule has 0 saturated carbocycles. The van der Waals surface area contributed by atoms with E-state index in [2.05, 4.69) is 10.1 Å². The third kappa shape index (κ3) is 4.54. The zero-order valence-electron chi connectivity index (χ0n) is 18.5. The average Bonchev–Trinajstić information content (AvgIpc) is 3.50. The number of benzene rings is 2. The van der Waals surface area contributed by atoms with Crippen molar-refractivity contribution in [1.29, 1.82) is 0 Å². The molecule has 1 aromatic heterocycles. The molecule has 1 amide bonds. The molecule has 2 heterocycles. The Morgan fingerprint density at radius 3 is 2.62 bits per heavy atom. The third-order valence-corrected chi connectivity index (χ3v) is 5.53. The van der Waals surface area contributed by atoms with Crippen LogP contribution in [0.4, 0.5) is 0 Å². The first-order valence-corrected chi connectivity index (χ1v) is 10.7. The van der Waals surface area contributed by atoms with Crippen molar-refractivity contribution in [2.24, 2.45) is 0 Å². The van der Waals surface area contributed by atoms with Gasteiger partial charge in [0.15, 0.2) is 11.5 Å². The number of carbonyl (C=O) groups is 1. The van der Waals surface area contributed by atoms with E-state index in [1.165, 1.54) is 0 Å². The molecule has 8 nitrogen and oxygen atoms in total. The van der Waals surface area contributed by atoms with Crippen molar-refractivity contribution in [3.8, 4) is 28.6 Å². The topological polar surface area (TPSA) is 86.9 Å². The molecule has 0 unspecified atom stereocenters. The Hall–Kier alpha value is -3.55. The van der Waals surface area contributed by atoms with Crippen molar-refractivity contribution in [2.45, 2.75) is 32.2 Å². The minimum absolute atomic E-state index is 0.0440. The number of amides is 1. The highest BCUT2D eigenvalue weighted by molar-refractivity contribution is 5.79. The van der Waals surface area contributed by atoms with Crippen molar-refractivity contribution < 1.29 is 23.5 Å². The third-order valence-electron chi connectivity index (χ3n) is 5.53. The normalized spacial score (nSPS) is 15.6. The van der Waals surface area contributed by atoms with Gasteiger partial charge in [0.1, 0.15) is 11.8 Å². The number of rotatable bonds is 8. The first kappa shape index (κ1) is 21.7. The van der Waals surface area contributed by atoms with Crippen LogP contribution < -0.4 is 14.2 Å². The Morgan fingerprint density at radius 1 is 1.12 bits per heavy atom. The van der Waals surface area contributed by atoms with Gasteiger partial charge in [0.05, 0.1) is 27.2 Å². The molecule has 3 aromatic rings. The van der Waals surface area contributed by atoms with Gasteiger partial charge >= 0.3 is 0 Å². The van der Waals surface area contributed by atoms with Crippen molar-refractivity contribution in [2.75, 3.05) is 27.4 Å². The van der Waals surface area contributed by atoms with Gasteiger partial charge in [0, 0.05) is 12.1 Å². The second-order valence-corrected chi connectivity index (χ2v) is 7.52. The summed E-state index contributed by atoms with van der Waals surface area (Å²) in [7, 11) is 3.17. The lowest BCUT2D eigenvalue weighted by atomic mass is 10.1. The molecule has 4 rings (SSSR count). The van der Waals surface area contributed by atoms with Crippen LogP contribution in [0, 0.1) is 0 Å². The first-order valence-electron chi connectivity index (χ1n) is 10.7. The fourth-order valence-corrected chi connectivity index (χ4v) is 3.93. The molecule has 1 fully saturated rings. The van der Waals surface area contributed by atoms with Crippen LogP contribution >= 0.6 is 0 Å². The van der Waals surface area contributed by atoms with Crippen molar-refractivity contribution in [3.05, 3.63) is 53.9 Å². The highest BCUT2D eigenvalue weighted by Crippen LogP contribution is 2.35. The predicted octanol–water partition coefficient (Wildman–Crippen LogP) is 4.06. The van der Waals surface area contributed by atoms with Crippen LogP contribution in [0.1, 0.15) is 37.3 Å². The number of likely N-dealkylation sites (tertiary alicyclic amines) is 1. The van der Waals surface area contributed by atoms with Crippen LogP contribution in [0.2, 0.25) is 0 Å². The van der Waals surface area contributed by atoms with E-state index in [1.54, 1.807) is 26.4 Å². The average molecular weight is 437 g/mol. The minimum Gasteiger partial charge on any atom is -0.494 e. The van der Waals surface area contributed by atoms with E-state index in [-0.39, 0.29) is 11.9 Å². The highest BCUT2D eigenvalue weighted by atomic mass is 16.5. The van der Waals surface area contributed by atoms with Gasteiger partial charge in [-0.2, -0.15) is 4.98 Å². The number of aromatic nitrogens is 2. The smallest absolute Gasteiger partial charge is 0.249 e. The van der Waals surface area contributed by atoms with Crippen LogP contribution in [0.15, 0.2) is 47.0 Å². The molecule has 0 radical (unpaired) electrons. The summed E-state index contributed by atoms with van der Waals surface area (Å²) in [6.45, 7) is 3.23. The highest BCUT2D eigenvalue weighted by Gasteiger charge is 2.34. The van der Waals surface area contributed by atoms with Crippen LogP contribution in [-0.4, -0.2) is 48.3 Å². The quantitative estimate of drug-likeness (QED) is 0.525. The monoisotopic (exact) mass is 437 g/mol. The second kappa shape index (κ2) is 9.72. The van der Waals surface area contributed by atoms with Gasteiger partial charge in [-0.25, -0.2) is 0 Å². The Bertz CT molecular complexity index is 1060. The molecule has 8 heteroatoms. The number of ether oxygens (including phenoxy) is 3. The molecule has 168 valence electrons. The van der Waals surface area contributed by atoms with E-state index >= 15 is 0 Å². The fraction of sp³-hybridized carbons (Fsp3) is 0.375. The minimum atomic E-state index is -0.216. The molecule has 0 aliphatic carbocycles. The number of carbonyl (C=O) groups excluding carboxylic acids is 1. The Kier molecular flexibility index (Phi) is 6.58. The summed E-state index contributed by atoms with van der Waals surface area (Å²) >= 11 is 0. The van der Waals surface area contributed by atoms with Crippen LogP contribution in [0.3, 0.4) is 0 Å². The lowest BCUT2D eigenvalue weighted by Gasteiger charge is -2.22. The van der Waals surface area contributed by atoms with Crippen LogP contribution in [-0.2, 0) is 11.2 Å². The van der Waals surface area contributed by atoms with Crippen molar-refractivity contribution in [1.82, 2.24) is 15.0 Å². The van der Waals surface area contributed by atoms with Gasteiger partial charge in [-0.1, -0.05) is 17.3 Å². The maximum absolute atomic E-state index is 13.0. The number of methoxy groups -OCH3 is 2. The van der Waals surface area contributed by atoms with Crippen molar-refractivity contribution in [3.63, 3.8) is 0 Å². The maximum atomic E-state index is 13.0. The maximum Gasteiger partial charge on any atom is 0.249 e. The summed E-state index contributed by atoms with van der Waals surface area (Å²) < 4.78 is 21.7. The molecule has 1 saturated heterocycles. The van der Waals surface area contributed by atoms with E-state index in [4.69, 9.17) is 18.7 Å². The molecule has 32 heavy (non-hydrogen) atoms. The molecule has 1 aliphatic heterocycles. The van der Waals surface area contributed by atoms with Crippen LogP contribution in [0.25, 0.3) is 11.4 Å². The van der Waals surface area contributed by atoms with E-state index in [1.807, 2.05) is 42.2 Å². The molecular formula is C24H27N3O5. The standard InChI is InChI=1S/C24H27N3O5/c1-4-31-18-10-7-16(8-11-18)14-22(28)27-13-5-6-19(27)24-25-23(26-32-24)17-9-12-20(29-2)21(15-17)30-3/h7-12,15,19H,4-6,13-14H2,1-3H3/t19-/m1/s1.